The molecule has 0 aliphatic carbocycles. The van der Waals surface area contributed by atoms with Crippen LogP contribution in [-0.2, 0) is 6.42 Å². The average Bonchev–Trinajstić information content (AvgIpc) is 3.39. The SMILES string of the molecule is CCCc1nc(-n2cccc2)sc1C(=O)N1CCN(c2ccccc2)CC1. The second-order valence-corrected chi connectivity index (χ2v) is 7.70. The molecule has 3 heterocycles. The number of hydrogen-bond acceptors (Lipinski definition) is 4. The van der Waals surface area contributed by atoms with Crippen LogP contribution in [0.25, 0.3) is 5.13 Å². The molecule has 1 fully saturated rings. The number of benzene rings is 1. The molecule has 0 atom stereocenters. The molecule has 5 nitrogen and oxygen atoms in total. The number of aryl methyl sites for hydroxylation is 1. The maximum atomic E-state index is 13.2. The van der Waals surface area contributed by atoms with Crippen LogP contribution in [0, 0.1) is 0 Å². The van der Waals surface area contributed by atoms with Crippen LogP contribution in [0.4, 0.5) is 5.69 Å². The van der Waals surface area contributed by atoms with E-state index >= 15 is 0 Å². The van der Waals surface area contributed by atoms with Crippen molar-refractivity contribution in [1.82, 2.24) is 14.5 Å². The van der Waals surface area contributed by atoms with Crippen molar-refractivity contribution in [3.05, 3.63) is 65.4 Å². The summed E-state index contributed by atoms with van der Waals surface area (Å²) in [6.07, 6.45) is 5.77. The summed E-state index contributed by atoms with van der Waals surface area (Å²) in [6.45, 7) is 5.35. The lowest BCUT2D eigenvalue weighted by molar-refractivity contribution is 0.0750. The van der Waals surface area contributed by atoms with E-state index in [9.17, 15) is 4.79 Å². The Bertz CT molecular complexity index is 880. The first-order valence-corrected chi connectivity index (χ1v) is 10.3. The molecule has 0 radical (unpaired) electrons. The monoisotopic (exact) mass is 380 g/mol. The molecule has 140 valence electrons. The van der Waals surface area contributed by atoms with Gasteiger partial charge in [-0.2, -0.15) is 0 Å². The maximum Gasteiger partial charge on any atom is 0.266 e. The Labute approximate surface area is 163 Å². The van der Waals surface area contributed by atoms with Gasteiger partial charge in [-0.05, 0) is 30.7 Å². The lowest BCUT2D eigenvalue weighted by atomic mass is 10.2. The number of rotatable bonds is 5. The topological polar surface area (TPSA) is 41.4 Å². The zero-order chi connectivity index (χ0) is 18.6. The van der Waals surface area contributed by atoms with Crippen LogP contribution in [0.2, 0.25) is 0 Å². The number of carbonyl (C=O) groups excluding carboxylic acids is 1. The van der Waals surface area contributed by atoms with E-state index in [1.54, 1.807) is 0 Å². The van der Waals surface area contributed by atoms with Crippen molar-refractivity contribution >= 4 is 22.9 Å². The molecule has 0 spiro atoms. The van der Waals surface area contributed by atoms with Crippen molar-refractivity contribution in [1.29, 1.82) is 0 Å². The summed E-state index contributed by atoms with van der Waals surface area (Å²) >= 11 is 1.50. The summed E-state index contributed by atoms with van der Waals surface area (Å²) in [5.74, 6) is 0.127. The normalized spacial score (nSPS) is 14.6. The van der Waals surface area contributed by atoms with Crippen molar-refractivity contribution in [3.63, 3.8) is 0 Å². The minimum atomic E-state index is 0.127. The van der Waals surface area contributed by atoms with Gasteiger partial charge in [0, 0.05) is 44.3 Å². The molecular formula is C21H24N4OS. The standard InChI is InChI=1S/C21H24N4OS/c1-2-8-18-19(27-21(22-18)25-11-6-7-12-25)20(26)24-15-13-23(14-16-24)17-9-4-3-5-10-17/h3-7,9-12H,2,8,13-16H2,1H3. The molecule has 1 aromatic carbocycles. The van der Waals surface area contributed by atoms with E-state index in [1.165, 1.54) is 17.0 Å². The van der Waals surface area contributed by atoms with Gasteiger partial charge >= 0.3 is 0 Å². The third kappa shape index (κ3) is 3.76. The van der Waals surface area contributed by atoms with Gasteiger partial charge < -0.3 is 14.4 Å². The first kappa shape index (κ1) is 17.8. The summed E-state index contributed by atoms with van der Waals surface area (Å²) in [5.41, 5.74) is 2.16. The molecule has 1 amide bonds. The largest absolute Gasteiger partial charge is 0.368 e. The minimum absolute atomic E-state index is 0.127. The van der Waals surface area contributed by atoms with Crippen molar-refractivity contribution in [2.24, 2.45) is 0 Å². The lowest BCUT2D eigenvalue weighted by Crippen LogP contribution is -2.48. The Morgan fingerprint density at radius 3 is 2.41 bits per heavy atom. The zero-order valence-corrected chi connectivity index (χ0v) is 16.4. The number of para-hydroxylation sites is 1. The molecule has 4 rings (SSSR count). The number of amides is 1. The summed E-state index contributed by atoms with van der Waals surface area (Å²) in [4.78, 5) is 23.1. The number of nitrogens with zero attached hydrogens (tertiary/aromatic N) is 4. The van der Waals surface area contributed by atoms with Gasteiger partial charge in [-0.25, -0.2) is 4.98 Å². The van der Waals surface area contributed by atoms with Crippen LogP contribution >= 0.6 is 11.3 Å². The fraction of sp³-hybridized carbons (Fsp3) is 0.333. The number of thiazole rings is 1. The van der Waals surface area contributed by atoms with Crippen molar-refractivity contribution < 1.29 is 4.79 Å². The Hall–Kier alpha value is -2.60. The smallest absolute Gasteiger partial charge is 0.266 e. The average molecular weight is 381 g/mol. The highest BCUT2D eigenvalue weighted by Gasteiger charge is 2.26. The van der Waals surface area contributed by atoms with E-state index in [0.717, 1.165) is 54.7 Å². The highest BCUT2D eigenvalue weighted by atomic mass is 32.1. The van der Waals surface area contributed by atoms with E-state index in [-0.39, 0.29) is 5.91 Å². The molecule has 2 aromatic heterocycles. The molecule has 1 aliphatic heterocycles. The molecule has 0 bridgehead atoms. The Balaban J connectivity index is 1.50. The van der Waals surface area contributed by atoms with Crippen LogP contribution in [0.15, 0.2) is 54.9 Å². The molecule has 0 saturated carbocycles. The molecule has 27 heavy (non-hydrogen) atoms. The Morgan fingerprint density at radius 2 is 1.74 bits per heavy atom. The Morgan fingerprint density at radius 1 is 1.04 bits per heavy atom. The number of carbonyl (C=O) groups is 1. The van der Waals surface area contributed by atoms with Crippen LogP contribution in [-0.4, -0.2) is 46.5 Å². The number of hydrogen-bond donors (Lipinski definition) is 0. The van der Waals surface area contributed by atoms with Gasteiger partial charge in [0.2, 0.25) is 0 Å². The molecular weight excluding hydrogens is 356 g/mol. The summed E-state index contributed by atoms with van der Waals surface area (Å²) < 4.78 is 1.98. The number of piperazine rings is 1. The predicted octanol–water partition coefficient (Wildman–Crippen LogP) is 3.85. The molecule has 0 unspecified atom stereocenters. The van der Waals surface area contributed by atoms with E-state index in [0.29, 0.717) is 0 Å². The third-order valence-corrected chi connectivity index (χ3v) is 5.98. The molecule has 1 saturated heterocycles. The van der Waals surface area contributed by atoms with Crippen LogP contribution in [0.3, 0.4) is 0 Å². The number of anilines is 1. The highest BCUT2D eigenvalue weighted by molar-refractivity contribution is 7.16. The van der Waals surface area contributed by atoms with Gasteiger partial charge in [0.25, 0.3) is 5.91 Å². The van der Waals surface area contributed by atoms with Gasteiger partial charge in [-0.15, -0.1) is 0 Å². The number of aromatic nitrogens is 2. The first-order chi connectivity index (χ1) is 13.3. The fourth-order valence-corrected chi connectivity index (χ4v) is 4.48. The van der Waals surface area contributed by atoms with Gasteiger partial charge in [0.15, 0.2) is 5.13 Å². The predicted molar refractivity (Wildman–Crippen MR) is 110 cm³/mol. The summed E-state index contributed by atoms with van der Waals surface area (Å²) in [6, 6.07) is 14.4. The molecule has 3 aromatic rings. The second-order valence-electron chi connectivity index (χ2n) is 6.73. The van der Waals surface area contributed by atoms with E-state index in [4.69, 9.17) is 4.98 Å². The highest BCUT2D eigenvalue weighted by Crippen LogP contribution is 2.26. The van der Waals surface area contributed by atoms with Crippen LogP contribution in [0.5, 0.6) is 0 Å². The second kappa shape index (κ2) is 7.96. The van der Waals surface area contributed by atoms with Gasteiger partial charge in [-0.3, -0.25) is 4.79 Å². The van der Waals surface area contributed by atoms with E-state index in [1.807, 2.05) is 40.1 Å². The summed E-state index contributed by atoms with van der Waals surface area (Å²) in [5, 5.41) is 0.870. The Kier molecular flexibility index (Phi) is 5.25. The van der Waals surface area contributed by atoms with Crippen molar-refractivity contribution in [3.8, 4) is 5.13 Å². The van der Waals surface area contributed by atoms with Crippen molar-refractivity contribution in [2.45, 2.75) is 19.8 Å². The molecule has 0 N–H and O–H groups in total. The van der Waals surface area contributed by atoms with Crippen LogP contribution < -0.4 is 4.90 Å². The lowest BCUT2D eigenvalue weighted by Gasteiger charge is -2.36. The quantitative estimate of drug-likeness (QED) is 0.675. The zero-order valence-electron chi connectivity index (χ0n) is 15.5. The molecule has 1 aliphatic rings. The van der Waals surface area contributed by atoms with Crippen molar-refractivity contribution in [2.75, 3.05) is 31.1 Å². The minimum Gasteiger partial charge on any atom is -0.368 e. The van der Waals surface area contributed by atoms with Gasteiger partial charge in [0.1, 0.15) is 4.88 Å². The third-order valence-electron chi connectivity index (χ3n) is 4.88. The van der Waals surface area contributed by atoms with Crippen LogP contribution in [0.1, 0.15) is 28.7 Å². The van der Waals surface area contributed by atoms with Gasteiger partial charge in [-0.1, -0.05) is 42.9 Å². The first-order valence-electron chi connectivity index (χ1n) is 9.48. The molecule has 6 heteroatoms. The maximum absolute atomic E-state index is 13.2. The summed E-state index contributed by atoms with van der Waals surface area (Å²) in [7, 11) is 0. The van der Waals surface area contributed by atoms with E-state index in [2.05, 4.69) is 36.1 Å². The fourth-order valence-electron chi connectivity index (χ4n) is 3.44. The van der Waals surface area contributed by atoms with Gasteiger partial charge in [0.05, 0.1) is 5.69 Å². The van der Waals surface area contributed by atoms with E-state index < -0.39 is 0 Å².